The van der Waals surface area contributed by atoms with Gasteiger partial charge in [-0.1, -0.05) is 6.42 Å². The van der Waals surface area contributed by atoms with Crippen LogP contribution in [0, 0.1) is 0 Å². The van der Waals surface area contributed by atoms with Gasteiger partial charge in [0.2, 0.25) is 10.0 Å². The molecule has 3 aromatic rings. The monoisotopic (exact) mass is 500 g/mol. The summed E-state index contributed by atoms with van der Waals surface area (Å²) in [6.07, 6.45) is 7.33. The van der Waals surface area contributed by atoms with Crippen LogP contribution in [0.15, 0.2) is 29.8 Å². The molecular formula is C25H32N4O3S2. The van der Waals surface area contributed by atoms with Gasteiger partial charge in [-0.25, -0.2) is 12.7 Å². The van der Waals surface area contributed by atoms with E-state index in [0.29, 0.717) is 24.7 Å². The zero-order valence-electron chi connectivity index (χ0n) is 19.5. The first-order valence-electron chi connectivity index (χ1n) is 12.1. The molecule has 1 saturated heterocycles. The predicted octanol–water partition coefficient (Wildman–Crippen LogP) is 4.17. The number of amides is 1. The van der Waals surface area contributed by atoms with Crippen molar-refractivity contribution in [2.45, 2.75) is 57.5 Å². The highest BCUT2D eigenvalue weighted by Crippen LogP contribution is 2.38. The van der Waals surface area contributed by atoms with E-state index < -0.39 is 15.9 Å². The number of carbonyl (C=O) groups is 1. The molecule has 0 spiro atoms. The maximum Gasteiger partial charge on any atom is 0.250 e. The first-order valence-corrected chi connectivity index (χ1v) is 14.6. The van der Waals surface area contributed by atoms with Gasteiger partial charge in [0.25, 0.3) is 5.91 Å². The third-order valence-corrected chi connectivity index (χ3v) is 10.2. The number of H-pyrrole nitrogens is 1. The Labute approximate surface area is 204 Å². The lowest BCUT2D eigenvalue weighted by Gasteiger charge is -2.31. The number of aromatic nitrogens is 1. The summed E-state index contributed by atoms with van der Waals surface area (Å²) in [4.78, 5) is 16.9. The number of nitrogens with zero attached hydrogens (tertiary/aromatic N) is 1. The SMILES string of the molecule is CCS(=O)(=O)N1CCC(c2c[nH]c3c(C(N)=O)cc(-c4csc(CNC5CCC5)c4)cc23)CC1. The smallest absolute Gasteiger partial charge is 0.250 e. The van der Waals surface area contributed by atoms with E-state index in [0.717, 1.165) is 47.0 Å². The average Bonchev–Trinajstić information content (AvgIpc) is 3.44. The lowest BCUT2D eigenvalue weighted by Crippen LogP contribution is -2.38. The summed E-state index contributed by atoms with van der Waals surface area (Å²) in [6.45, 7) is 3.61. The van der Waals surface area contributed by atoms with E-state index in [4.69, 9.17) is 5.73 Å². The number of piperidine rings is 1. The topological polar surface area (TPSA) is 108 Å². The van der Waals surface area contributed by atoms with Crippen molar-refractivity contribution in [3.63, 3.8) is 0 Å². The second-order valence-electron chi connectivity index (χ2n) is 9.44. The Bertz CT molecular complexity index is 1300. The number of carbonyl (C=O) groups excluding carboxylic acids is 1. The van der Waals surface area contributed by atoms with Crippen LogP contribution in [0.4, 0.5) is 0 Å². The highest BCUT2D eigenvalue weighted by molar-refractivity contribution is 7.89. The normalized spacial score (nSPS) is 18.4. The van der Waals surface area contributed by atoms with E-state index in [-0.39, 0.29) is 11.7 Å². The van der Waals surface area contributed by atoms with Gasteiger partial charge in [0.1, 0.15) is 0 Å². The first-order chi connectivity index (χ1) is 16.4. The number of sulfonamides is 1. The van der Waals surface area contributed by atoms with Gasteiger partial charge in [-0.2, -0.15) is 0 Å². The van der Waals surface area contributed by atoms with E-state index in [1.54, 1.807) is 22.6 Å². The molecule has 9 heteroatoms. The standard InChI is InChI=1S/C25H32N4O3S2/c1-2-34(31,32)29-8-6-16(7-9-29)23-14-28-24-21(23)11-17(12-22(24)25(26)30)18-10-20(33-15-18)13-27-19-4-3-5-19/h10-12,14-16,19,27-28H,2-9,13H2,1H3,(H2,26,30). The number of fused-ring (bicyclic) bond motifs is 1. The van der Waals surface area contributed by atoms with Crippen LogP contribution in [0.5, 0.6) is 0 Å². The number of aromatic amines is 1. The fourth-order valence-corrected chi connectivity index (χ4v) is 7.04. The Kier molecular flexibility index (Phi) is 6.54. The number of benzene rings is 1. The molecule has 3 heterocycles. The zero-order chi connectivity index (χ0) is 23.9. The van der Waals surface area contributed by atoms with Crippen molar-refractivity contribution in [3.05, 3.63) is 45.8 Å². The zero-order valence-corrected chi connectivity index (χ0v) is 21.1. The maximum absolute atomic E-state index is 12.3. The molecule has 4 N–H and O–H groups in total. The van der Waals surface area contributed by atoms with Crippen molar-refractivity contribution in [3.8, 4) is 11.1 Å². The van der Waals surface area contributed by atoms with Gasteiger partial charge in [0, 0.05) is 42.1 Å². The van der Waals surface area contributed by atoms with Crippen LogP contribution < -0.4 is 11.1 Å². The number of rotatable bonds is 8. The fourth-order valence-electron chi connectivity index (χ4n) is 5.06. The molecular weight excluding hydrogens is 468 g/mol. The van der Waals surface area contributed by atoms with Gasteiger partial charge in [0.05, 0.1) is 16.8 Å². The van der Waals surface area contributed by atoms with Gasteiger partial charge in [-0.15, -0.1) is 11.3 Å². The van der Waals surface area contributed by atoms with Crippen molar-refractivity contribution in [2.24, 2.45) is 5.73 Å². The minimum Gasteiger partial charge on any atom is -0.366 e. The lowest BCUT2D eigenvalue weighted by molar-refractivity contribution is 0.100. The average molecular weight is 501 g/mol. The van der Waals surface area contributed by atoms with Gasteiger partial charge in [0.15, 0.2) is 0 Å². The molecule has 1 amide bonds. The fraction of sp³-hybridized carbons (Fsp3) is 0.480. The Morgan fingerprint density at radius 2 is 1.94 bits per heavy atom. The minimum absolute atomic E-state index is 0.134. The summed E-state index contributed by atoms with van der Waals surface area (Å²) in [5.74, 6) is -0.0847. The van der Waals surface area contributed by atoms with Gasteiger partial charge in [-0.3, -0.25) is 4.79 Å². The summed E-state index contributed by atoms with van der Waals surface area (Å²) in [7, 11) is -3.16. The summed E-state index contributed by atoms with van der Waals surface area (Å²) >= 11 is 1.73. The van der Waals surface area contributed by atoms with Crippen LogP contribution in [0.2, 0.25) is 0 Å². The van der Waals surface area contributed by atoms with E-state index in [2.05, 4.69) is 27.8 Å². The molecule has 1 aliphatic carbocycles. The van der Waals surface area contributed by atoms with Crippen molar-refractivity contribution in [1.29, 1.82) is 0 Å². The van der Waals surface area contributed by atoms with Crippen LogP contribution in [0.3, 0.4) is 0 Å². The largest absolute Gasteiger partial charge is 0.366 e. The summed E-state index contributed by atoms with van der Waals surface area (Å²) in [6, 6.07) is 6.87. The molecule has 0 unspecified atom stereocenters. The molecule has 1 aliphatic heterocycles. The van der Waals surface area contributed by atoms with Crippen molar-refractivity contribution >= 4 is 38.2 Å². The third kappa shape index (κ3) is 4.54. The highest BCUT2D eigenvalue weighted by atomic mass is 32.2. The quantitative estimate of drug-likeness (QED) is 0.431. The van der Waals surface area contributed by atoms with Crippen molar-refractivity contribution in [2.75, 3.05) is 18.8 Å². The van der Waals surface area contributed by atoms with Gasteiger partial charge in [-0.05, 0) is 78.8 Å². The van der Waals surface area contributed by atoms with Crippen molar-refractivity contribution < 1.29 is 13.2 Å². The minimum atomic E-state index is -3.16. The Hall–Kier alpha value is -2.20. The van der Waals surface area contributed by atoms with E-state index in [9.17, 15) is 13.2 Å². The molecule has 182 valence electrons. The molecule has 5 rings (SSSR count). The molecule has 0 atom stereocenters. The molecule has 34 heavy (non-hydrogen) atoms. The molecule has 0 bridgehead atoms. The number of hydrogen-bond acceptors (Lipinski definition) is 5. The Morgan fingerprint density at radius 3 is 2.59 bits per heavy atom. The Morgan fingerprint density at radius 1 is 1.18 bits per heavy atom. The number of thiophene rings is 1. The van der Waals surface area contributed by atoms with E-state index >= 15 is 0 Å². The predicted molar refractivity (Wildman–Crippen MR) is 138 cm³/mol. The maximum atomic E-state index is 12.3. The van der Waals surface area contributed by atoms with Crippen LogP contribution in [0.25, 0.3) is 22.0 Å². The number of hydrogen-bond donors (Lipinski definition) is 3. The molecule has 1 aromatic carbocycles. The van der Waals surface area contributed by atoms with Gasteiger partial charge < -0.3 is 16.0 Å². The first kappa shape index (κ1) is 23.5. The summed E-state index contributed by atoms with van der Waals surface area (Å²) < 4.78 is 26.1. The molecule has 2 fully saturated rings. The van der Waals surface area contributed by atoms with E-state index in [1.807, 2.05) is 12.3 Å². The second kappa shape index (κ2) is 9.45. The Balaban J connectivity index is 1.43. The number of nitrogens with two attached hydrogens (primary N) is 1. The summed E-state index contributed by atoms with van der Waals surface area (Å²) in [5.41, 5.74) is 10.2. The van der Waals surface area contributed by atoms with E-state index in [1.165, 1.54) is 24.1 Å². The second-order valence-corrected chi connectivity index (χ2v) is 12.7. The van der Waals surface area contributed by atoms with Gasteiger partial charge >= 0.3 is 0 Å². The van der Waals surface area contributed by atoms with Crippen LogP contribution in [-0.4, -0.2) is 48.5 Å². The van der Waals surface area contributed by atoms with Crippen LogP contribution in [-0.2, 0) is 16.6 Å². The van der Waals surface area contributed by atoms with Crippen molar-refractivity contribution in [1.82, 2.24) is 14.6 Å². The molecule has 1 saturated carbocycles. The third-order valence-electron chi connectivity index (χ3n) is 7.40. The highest BCUT2D eigenvalue weighted by Gasteiger charge is 2.29. The van der Waals surface area contributed by atoms with Crippen LogP contribution in [0.1, 0.15) is 65.7 Å². The van der Waals surface area contributed by atoms with Crippen LogP contribution >= 0.6 is 11.3 Å². The molecule has 0 radical (unpaired) electrons. The molecule has 2 aromatic heterocycles. The molecule has 7 nitrogen and oxygen atoms in total. The summed E-state index contributed by atoms with van der Waals surface area (Å²) in [5, 5.41) is 6.76. The molecule has 2 aliphatic rings. The lowest BCUT2D eigenvalue weighted by atomic mass is 9.88. The number of primary amides is 1. The number of nitrogens with one attached hydrogen (secondary N) is 2.